The van der Waals surface area contributed by atoms with Gasteiger partial charge in [0.2, 0.25) is 0 Å². The summed E-state index contributed by atoms with van der Waals surface area (Å²) < 4.78 is 8.32. The lowest BCUT2D eigenvalue weighted by Crippen LogP contribution is -2.30. The second-order valence-electron chi connectivity index (χ2n) is 6.01. The van der Waals surface area contributed by atoms with Crippen LogP contribution in [0.5, 0.6) is 0 Å². The highest BCUT2D eigenvalue weighted by Gasteiger charge is 2.18. The molecule has 0 bridgehead atoms. The summed E-state index contributed by atoms with van der Waals surface area (Å²) in [6.07, 6.45) is 1.40. The average molecular weight is 309 g/mol. The first-order chi connectivity index (χ1) is 9.99. The van der Waals surface area contributed by atoms with Crippen molar-refractivity contribution in [3.8, 4) is 0 Å². The van der Waals surface area contributed by atoms with Gasteiger partial charge in [-0.15, -0.1) is 0 Å². The number of carbonyl (C=O) groups excluding carboxylic acids is 1. The zero-order valence-electron chi connectivity index (χ0n) is 13.5. The third-order valence-corrected chi connectivity index (χ3v) is 3.99. The SMILES string of the molecule is CC(C)CCSNC(=O)OC(Cc1ccccc1)C(C)C. The molecule has 0 aliphatic heterocycles. The first-order valence-electron chi connectivity index (χ1n) is 7.61. The van der Waals surface area contributed by atoms with Crippen molar-refractivity contribution >= 4 is 18.0 Å². The number of amides is 1. The zero-order valence-corrected chi connectivity index (χ0v) is 14.3. The lowest BCUT2D eigenvalue weighted by Gasteiger charge is -2.21. The molecular formula is C17H27NO2S. The molecule has 0 aliphatic carbocycles. The van der Waals surface area contributed by atoms with Crippen LogP contribution in [0.25, 0.3) is 0 Å². The third kappa shape index (κ3) is 8.00. The molecule has 1 unspecified atom stereocenters. The molecule has 0 aromatic heterocycles. The van der Waals surface area contributed by atoms with Gasteiger partial charge in [0.15, 0.2) is 0 Å². The van der Waals surface area contributed by atoms with Crippen LogP contribution in [0.15, 0.2) is 30.3 Å². The number of hydrogen-bond donors (Lipinski definition) is 1. The summed E-state index contributed by atoms with van der Waals surface area (Å²) in [6.45, 7) is 8.50. The van der Waals surface area contributed by atoms with Gasteiger partial charge in [-0.1, -0.05) is 58.0 Å². The molecule has 118 valence electrons. The fourth-order valence-electron chi connectivity index (χ4n) is 1.83. The molecule has 3 nitrogen and oxygen atoms in total. The van der Waals surface area contributed by atoms with E-state index in [9.17, 15) is 4.79 Å². The van der Waals surface area contributed by atoms with Gasteiger partial charge in [0, 0.05) is 12.2 Å². The first kappa shape index (κ1) is 17.9. The van der Waals surface area contributed by atoms with Gasteiger partial charge < -0.3 is 4.74 Å². The van der Waals surface area contributed by atoms with Gasteiger partial charge >= 0.3 is 6.09 Å². The van der Waals surface area contributed by atoms with Crippen LogP contribution in [0.1, 0.15) is 39.7 Å². The molecule has 0 spiro atoms. The van der Waals surface area contributed by atoms with Gasteiger partial charge in [-0.3, -0.25) is 4.72 Å². The quantitative estimate of drug-likeness (QED) is 0.560. The van der Waals surface area contributed by atoms with Gasteiger partial charge in [-0.05, 0) is 35.8 Å². The van der Waals surface area contributed by atoms with Crippen LogP contribution in [-0.2, 0) is 11.2 Å². The Kier molecular flexibility index (Phi) is 8.28. The monoisotopic (exact) mass is 309 g/mol. The van der Waals surface area contributed by atoms with Crippen LogP contribution in [0, 0.1) is 11.8 Å². The van der Waals surface area contributed by atoms with Crippen molar-refractivity contribution < 1.29 is 9.53 Å². The van der Waals surface area contributed by atoms with Crippen LogP contribution >= 0.6 is 11.9 Å². The smallest absolute Gasteiger partial charge is 0.417 e. The van der Waals surface area contributed by atoms with Crippen LogP contribution in [0.2, 0.25) is 0 Å². The Morgan fingerprint density at radius 3 is 2.43 bits per heavy atom. The molecule has 0 fully saturated rings. The molecule has 0 radical (unpaired) electrons. The third-order valence-electron chi connectivity index (χ3n) is 3.23. The summed E-state index contributed by atoms with van der Waals surface area (Å²) in [4.78, 5) is 11.8. The van der Waals surface area contributed by atoms with Crippen LogP contribution < -0.4 is 4.72 Å². The largest absolute Gasteiger partial charge is 0.445 e. The van der Waals surface area contributed by atoms with E-state index in [0.717, 1.165) is 18.6 Å². The summed E-state index contributed by atoms with van der Waals surface area (Å²) in [5, 5.41) is 0. The fraction of sp³-hybridized carbons (Fsp3) is 0.588. The minimum Gasteiger partial charge on any atom is -0.445 e. The summed E-state index contributed by atoms with van der Waals surface area (Å²) in [7, 11) is 0. The minimum absolute atomic E-state index is 0.0990. The normalized spacial score (nSPS) is 12.5. The van der Waals surface area contributed by atoms with Crippen molar-refractivity contribution in [3.63, 3.8) is 0 Å². The summed E-state index contributed by atoms with van der Waals surface area (Å²) in [6, 6.07) is 10.1. The molecule has 1 amide bonds. The lowest BCUT2D eigenvalue weighted by atomic mass is 9.99. The predicted octanol–water partition coefficient (Wildman–Crippen LogP) is 4.67. The summed E-state index contributed by atoms with van der Waals surface area (Å²) in [5.41, 5.74) is 1.19. The second kappa shape index (κ2) is 9.72. The second-order valence-corrected chi connectivity index (χ2v) is 6.91. The van der Waals surface area contributed by atoms with Gasteiger partial charge in [0.1, 0.15) is 6.10 Å². The van der Waals surface area contributed by atoms with E-state index in [-0.39, 0.29) is 18.1 Å². The van der Waals surface area contributed by atoms with Crippen molar-refractivity contribution in [3.05, 3.63) is 35.9 Å². The van der Waals surface area contributed by atoms with E-state index in [1.54, 1.807) is 0 Å². The summed E-state index contributed by atoms with van der Waals surface area (Å²) >= 11 is 1.43. The molecular weight excluding hydrogens is 282 g/mol. The molecule has 0 saturated carbocycles. The number of nitrogens with one attached hydrogen (secondary N) is 1. The molecule has 1 aromatic carbocycles. The van der Waals surface area contributed by atoms with Crippen molar-refractivity contribution in [2.45, 2.75) is 46.6 Å². The highest BCUT2D eigenvalue weighted by molar-refractivity contribution is 7.97. The number of hydrogen-bond acceptors (Lipinski definition) is 3. The van der Waals surface area contributed by atoms with Gasteiger partial charge in [0.25, 0.3) is 0 Å². The Labute approximate surface area is 133 Å². The Morgan fingerprint density at radius 1 is 1.19 bits per heavy atom. The predicted molar refractivity (Wildman–Crippen MR) is 90.3 cm³/mol. The van der Waals surface area contributed by atoms with Crippen molar-refractivity contribution in [2.75, 3.05) is 5.75 Å². The Balaban J connectivity index is 2.38. The van der Waals surface area contributed by atoms with E-state index >= 15 is 0 Å². The topological polar surface area (TPSA) is 38.3 Å². The van der Waals surface area contributed by atoms with Gasteiger partial charge in [-0.2, -0.15) is 0 Å². The molecule has 0 heterocycles. The van der Waals surface area contributed by atoms with E-state index in [2.05, 4.69) is 44.5 Å². The highest BCUT2D eigenvalue weighted by Crippen LogP contribution is 2.15. The summed E-state index contributed by atoms with van der Waals surface area (Å²) in [5.74, 6) is 1.85. The Hall–Kier alpha value is -1.16. The number of benzene rings is 1. The molecule has 0 aliphatic rings. The maximum absolute atomic E-state index is 11.8. The molecule has 1 rings (SSSR count). The van der Waals surface area contributed by atoms with Crippen molar-refractivity contribution in [1.29, 1.82) is 0 Å². The average Bonchev–Trinajstić information content (AvgIpc) is 2.44. The highest BCUT2D eigenvalue weighted by atomic mass is 32.2. The Morgan fingerprint density at radius 2 is 1.86 bits per heavy atom. The van der Waals surface area contributed by atoms with Crippen molar-refractivity contribution in [2.24, 2.45) is 11.8 Å². The van der Waals surface area contributed by atoms with E-state index in [0.29, 0.717) is 5.92 Å². The number of rotatable bonds is 8. The zero-order chi connectivity index (χ0) is 15.7. The van der Waals surface area contributed by atoms with Crippen LogP contribution in [0.4, 0.5) is 4.79 Å². The van der Waals surface area contributed by atoms with Crippen LogP contribution in [0.3, 0.4) is 0 Å². The molecule has 1 aromatic rings. The Bertz CT molecular complexity index is 407. The molecule has 1 N–H and O–H groups in total. The molecule has 1 atom stereocenters. The number of carbonyl (C=O) groups is 1. The van der Waals surface area contributed by atoms with E-state index in [1.807, 2.05) is 18.2 Å². The minimum atomic E-state index is -0.335. The number of ether oxygens (including phenoxy) is 1. The lowest BCUT2D eigenvalue weighted by molar-refractivity contribution is 0.0762. The maximum atomic E-state index is 11.8. The van der Waals surface area contributed by atoms with Gasteiger partial charge in [-0.25, -0.2) is 4.79 Å². The molecule has 4 heteroatoms. The maximum Gasteiger partial charge on any atom is 0.417 e. The van der Waals surface area contributed by atoms with E-state index in [1.165, 1.54) is 17.5 Å². The van der Waals surface area contributed by atoms with Gasteiger partial charge in [0.05, 0.1) is 0 Å². The fourth-order valence-corrected chi connectivity index (χ4v) is 2.68. The van der Waals surface area contributed by atoms with E-state index < -0.39 is 0 Å². The van der Waals surface area contributed by atoms with E-state index in [4.69, 9.17) is 4.74 Å². The molecule has 21 heavy (non-hydrogen) atoms. The first-order valence-corrected chi connectivity index (χ1v) is 8.60. The van der Waals surface area contributed by atoms with Crippen LogP contribution in [-0.4, -0.2) is 18.0 Å². The standard InChI is InChI=1S/C17H27NO2S/c1-13(2)10-11-21-18-17(19)20-16(14(3)4)12-15-8-6-5-7-9-15/h5-9,13-14,16H,10-12H2,1-4H3,(H,18,19). The molecule has 0 saturated heterocycles. The van der Waals surface area contributed by atoms with Crippen molar-refractivity contribution in [1.82, 2.24) is 4.72 Å².